The van der Waals surface area contributed by atoms with Crippen molar-refractivity contribution >= 4 is 133 Å². The summed E-state index contributed by atoms with van der Waals surface area (Å²) in [5, 5.41) is 9.75. The maximum Gasteiger partial charge on any atom is 0.339 e. The predicted molar refractivity (Wildman–Crippen MR) is 481 cm³/mol. The Morgan fingerprint density at radius 3 is 1.07 bits per heavy atom. The van der Waals surface area contributed by atoms with Crippen molar-refractivity contribution in [3.8, 4) is 57.1 Å². The number of nitrogens with zero attached hydrogens (tertiary/aromatic N) is 2. The van der Waals surface area contributed by atoms with Crippen LogP contribution >= 0.6 is 0 Å². The largest absolute Gasteiger partial charge is 0.459 e. The summed E-state index contributed by atoms with van der Waals surface area (Å²) >= 11 is 0. The Morgan fingerprint density at radius 2 is 0.653 bits per heavy atom. The van der Waals surface area contributed by atoms with E-state index in [2.05, 4.69) is 86.6 Å². The lowest BCUT2D eigenvalue weighted by Gasteiger charge is -2.35. The Morgan fingerprint density at radius 1 is 0.298 bits per heavy atom. The molecule has 0 spiro atoms. The molecule has 0 aromatic heterocycles. The third-order valence-electron chi connectivity index (χ3n) is 25.6. The molecule has 2 saturated carbocycles. The second-order valence-electron chi connectivity index (χ2n) is 34.6. The van der Waals surface area contributed by atoms with Gasteiger partial charge in [0.05, 0.1) is 44.8 Å². The highest BCUT2D eigenvalue weighted by Crippen LogP contribution is 2.60. The normalized spacial score (nSPS) is 15.9. The van der Waals surface area contributed by atoms with E-state index in [0.29, 0.717) is 106 Å². The summed E-state index contributed by atoms with van der Waals surface area (Å²) in [6.07, 6.45) is 7.76. The van der Waals surface area contributed by atoms with Gasteiger partial charge in [-0.15, -0.1) is 0 Å². The van der Waals surface area contributed by atoms with Gasteiger partial charge in [-0.05, 0) is 254 Å². The average Bonchev–Trinajstić information content (AvgIpc) is 0.669. The van der Waals surface area contributed by atoms with E-state index < -0.39 is 29.6 Å². The number of hydrogen-bond acceptors (Lipinski definition) is 12. The highest BCUT2D eigenvalue weighted by Gasteiger charge is 2.45. The van der Waals surface area contributed by atoms with E-state index in [1.54, 1.807) is 24.3 Å². The van der Waals surface area contributed by atoms with Gasteiger partial charge >= 0.3 is 11.9 Å². The fourth-order valence-electron chi connectivity index (χ4n) is 19.8. The number of ether oxygens (including phenoxy) is 6. The van der Waals surface area contributed by atoms with Gasteiger partial charge in [0, 0.05) is 43.1 Å². The van der Waals surface area contributed by atoms with Gasteiger partial charge in [-0.1, -0.05) is 202 Å². The summed E-state index contributed by atoms with van der Waals surface area (Å²) in [4.78, 5) is 101. The molecular weight excluding hydrogens is 1510 g/mol. The number of carbonyl (C=O) groups excluding carboxylic acids is 6. The predicted octanol–water partition coefficient (Wildman–Crippen LogP) is 27.9. The quantitative estimate of drug-likeness (QED) is 0.0326. The van der Waals surface area contributed by atoms with Crippen molar-refractivity contribution in [3.63, 3.8) is 0 Å². The molecule has 2 fully saturated rings. The number of hydrogen-bond donors (Lipinski definition) is 0. The molecule has 0 unspecified atom stereocenters. The SMILES string of the molecule is CC(C)c1cccc(C(C)C)c1N1C(=O)c2cc(Oc3ccccc3)c3c4c(Oc5ccccc5)cc5c6c(cc(Oc7ccccc7)c(c7c(Oc8ccccc8)cc(c2c37)C1=O)c64)C(=O)N(c1c(C(C)C)cc(-c2cc(C(=O)OC3CCCCC3)c3cccc4c6ccc(C(=O)O[C@H]7CC[C@H](C)CC7)c7cccc(c2c34)c76)cc1C(C)C)C5=O. The summed E-state index contributed by atoms with van der Waals surface area (Å²) in [5.74, 6) is -1.07. The molecule has 2 heterocycles. The first-order chi connectivity index (χ1) is 58.8. The zero-order valence-electron chi connectivity index (χ0n) is 69.1. The van der Waals surface area contributed by atoms with E-state index in [4.69, 9.17) is 28.4 Å². The molecule has 20 rings (SSSR count). The van der Waals surface area contributed by atoms with Gasteiger partial charge in [0.1, 0.15) is 58.2 Å². The lowest BCUT2D eigenvalue weighted by Crippen LogP contribution is -2.42. The van der Waals surface area contributed by atoms with Gasteiger partial charge in [-0.3, -0.25) is 19.2 Å². The van der Waals surface area contributed by atoms with Crippen molar-refractivity contribution in [2.45, 2.75) is 156 Å². The first-order valence-electron chi connectivity index (χ1n) is 42.7. The van der Waals surface area contributed by atoms with Crippen LogP contribution in [0.2, 0.25) is 0 Å². The Bertz CT molecular complexity index is 6710. The van der Waals surface area contributed by atoms with Crippen LogP contribution in [-0.2, 0) is 9.47 Å². The third kappa shape index (κ3) is 12.6. The number of anilines is 2. The maximum atomic E-state index is 17.4. The van der Waals surface area contributed by atoms with Crippen LogP contribution < -0.4 is 28.7 Å². The van der Waals surface area contributed by atoms with Crippen LogP contribution in [0.1, 0.15) is 228 Å². The lowest BCUT2D eigenvalue weighted by atomic mass is 9.79. The Balaban J connectivity index is 0.863. The Kier molecular flexibility index (Phi) is 19.0. The topological polar surface area (TPSA) is 164 Å². The van der Waals surface area contributed by atoms with Crippen molar-refractivity contribution in [3.05, 3.63) is 286 Å². The zero-order valence-corrected chi connectivity index (χ0v) is 69.1. The van der Waals surface area contributed by atoms with Crippen LogP contribution in [0.5, 0.6) is 46.0 Å². The maximum absolute atomic E-state index is 17.4. The van der Waals surface area contributed by atoms with Gasteiger partial charge in [-0.25, -0.2) is 19.4 Å². The standard InChI is InChI=1S/C107H90N2O12/c1-57(2)69-38-25-39-70(58(3)4)100(69)108-102(110)81-53-85(116-63-28-15-10-16-29-63)94-96-87(118-65-32-19-12-20-33-65)55-83-93-84(56-88(119-66-34-21-13-22-35-66)97(99(93)96)95-86(117-64-30-17-11-18-31-64)54-82(103(108)111)92(81)98(94)95)105(113)109(104(83)112)101-77(59(5)6)50-62(51-78(101)60(7)8)79-52-80(107(115)120-67-36-23-14-24-37-67)73-42-26-40-71-74-48-49-75(106(114)121-68-46-44-61(9)45-47-68)72-41-27-43-76(89(72)74)91(79)90(71)73/h10-13,15-22,25-35,38-43,48-61,67-68H,14,23-24,36-37,44-47H2,1-9H3/t61-,68-. The Labute approximate surface area is 701 Å². The number of rotatable bonds is 19. The molecule has 0 radical (unpaired) electrons. The molecule has 0 bridgehead atoms. The first kappa shape index (κ1) is 76.2. The molecule has 14 nitrogen and oxygen atoms in total. The summed E-state index contributed by atoms with van der Waals surface area (Å²) in [7, 11) is 0. The molecule has 600 valence electrons. The van der Waals surface area contributed by atoms with E-state index in [1.807, 2.05) is 182 Å². The monoisotopic (exact) mass is 1590 g/mol. The number of fused-ring (bicyclic) bond motifs is 4. The minimum absolute atomic E-state index is 0.102. The number of benzene rings is 16. The molecule has 0 atom stereocenters. The zero-order chi connectivity index (χ0) is 83.1. The molecule has 0 saturated heterocycles. The second-order valence-corrected chi connectivity index (χ2v) is 34.6. The van der Waals surface area contributed by atoms with Crippen LogP contribution in [-0.4, -0.2) is 47.8 Å². The van der Waals surface area contributed by atoms with Crippen molar-refractivity contribution < 1.29 is 57.2 Å². The molecule has 14 heteroatoms. The Hall–Kier alpha value is -13.5. The molecule has 4 amide bonds. The van der Waals surface area contributed by atoms with Crippen LogP contribution in [0.4, 0.5) is 11.4 Å². The third-order valence-corrected chi connectivity index (χ3v) is 25.6. The molecule has 2 aliphatic carbocycles. The summed E-state index contributed by atoms with van der Waals surface area (Å²) in [5.41, 5.74) is 6.90. The van der Waals surface area contributed by atoms with E-state index in [0.717, 1.165) is 123 Å². The van der Waals surface area contributed by atoms with E-state index in [9.17, 15) is 4.79 Å². The van der Waals surface area contributed by atoms with Crippen molar-refractivity contribution in [2.24, 2.45) is 5.92 Å². The molecule has 121 heavy (non-hydrogen) atoms. The second kappa shape index (κ2) is 30.1. The minimum atomic E-state index is -0.633. The van der Waals surface area contributed by atoms with Gasteiger partial charge in [-0.2, -0.15) is 0 Å². The number of para-hydroxylation sites is 5. The molecule has 16 aromatic rings. The van der Waals surface area contributed by atoms with Crippen molar-refractivity contribution in [2.75, 3.05) is 9.80 Å². The average molecular weight is 1600 g/mol. The number of esters is 2. The van der Waals surface area contributed by atoms with E-state index >= 15 is 24.0 Å². The fraction of sp³-hybridized carbons (Fsp3) is 0.234. The number of amides is 4. The van der Waals surface area contributed by atoms with Gasteiger partial charge in [0.2, 0.25) is 0 Å². The fourth-order valence-corrected chi connectivity index (χ4v) is 19.8. The first-order valence-corrected chi connectivity index (χ1v) is 42.7. The molecular formula is C107H90N2O12. The highest BCUT2D eigenvalue weighted by molar-refractivity contribution is 6.48. The number of imide groups is 2. The summed E-state index contributed by atoms with van der Waals surface area (Å²) in [6, 6.07) is 72.2. The lowest BCUT2D eigenvalue weighted by molar-refractivity contribution is 0.0174. The van der Waals surface area contributed by atoms with Crippen LogP contribution in [0, 0.1) is 5.92 Å². The molecule has 16 aromatic carbocycles. The van der Waals surface area contributed by atoms with Gasteiger partial charge in [0.25, 0.3) is 23.6 Å². The number of carbonyl (C=O) groups is 6. The molecule has 2 aliphatic heterocycles. The van der Waals surface area contributed by atoms with E-state index in [-0.39, 0.29) is 87.1 Å². The van der Waals surface area contributed by atoms with Gasteiger partial charge < -0.3 is 28.4 Å². The van der Waals surface area contributed by atoms with Crippen molar-refractivity contribution in [1.82, 2.24) is 0 Å². The van der Waals surface area contributed by atoms with Crippen LogP contribution in [0.3, 0.4) is 0 Å². The smallest absolute Gasteiger partial charge is 0.339 e. The minimum Gasteiger partial charge on any atom is -0.459 e. The van der Waals surface area contributed by atoms with Crippen LogP contribution in [0.25, 0.3) is 97.3 Å². The highest BCUT2D eigenvalue weighted by atomic mass is 16.5. The van der Waals surface area contributed by atoms with Gasteiger partial charge in [0.15, 0.2) is 0 Å². The molecule has 0 N–H and O–H groups in total. The summed E-state index contributed by atoms with van der Waals surface area (Å²) < 4.78 is 42.3. The van der Waals surface area contributed by atoms with E-state index in [1.165, 1.54) is 9.80 Å². The summed E-state index contributed by atoms with van der Waals surface area (Å²) in [6.45, 7) is 18.7. The van der Waals surface area contributed by atoms with Crippen LogP contribution in [0.15, 0.2) is 231 Å². The molecule has 4 aliphatic rings. The van der Waals surface area contributed by atoms with Crippen molar-refractivity contribution in [1.29, 1.82) is 0 Å².